The van der Waals surface area contributed by atoms with E-state index in [1.165, 1.54) is 0 Å². The molecule has 13 heavy (non-hydrogen) atoms. The Morgan fingerprint density at radius 3 is 2.38 bits per heavy atom. The molecule has 0 heterocycles. The number of carboxylic acids is 1. The molecule has 0 aromatic carbocycles. The molecule has 0 rings (SSSR count). The van der Waals surface area contributed by atoms with Gasteiger partial charge in [0.05, 0.1) is 13.1 Å². The largest absolute Gasteiger partial charge is 0.480 e. The minimum absolute atomic E-state index is 0.0382. The minimum Gasteiger partial charge on any atom is -0.480 e. The Morgan fingerprint density at radius 1 is 1.54 bits per heavy atom. The molecule has 0 radical (unpaired) electrons. The molecule has 0 aromatic heterocycles. The molecular formula is C10H17NO2. The van der Waals surface area contributed by atoms with Crippen LogP contribution in [0.25, 0.3) is 0 Å². The van der Waals surface area contributed by atoms with Crippen LogP contribution in [0, 0.1) is 12.3 Å². The summed E-state index contributed by atoms with van der Waals surface area (Å²) in [6.45, 7) is 4.54. The first kappa shape index (κ1) is 12.0. The SMILES string of the molecule is C#CCN(CC(=O)O)C(CC)CC. The number of carbonyl (C=O) groups is 1. The van der Waals surface area contributed by atoms with E-state index in [4.69, 9.17) is 11.5 Å². The van der Waals surface area contributed by atoms with Crippen LogP contribution in [0.15, 0.2) is 0 Å². The lowest BCUT2D eigenvalue weighted by molar-refractivity contribution is -0.138. The van der Waals surface area contributed by atoms with Crippen molar-refractivity contribution in [1.82, 2.24) is 4.90 Å². The van der Waals surface area contributed by atoms with Gasteiger partial charge in [-0.25, -0.2) is 0 Å². The van der Waals surface area contributed by atoms with Crippen molar-refractivity contribution in [1.29, 1.82) is 0 Å². The smallest absolute Gasteiger partial charge is 0.317 e. The number of hydrogen-bond donors (Lipinski definition) is 1. The Morgan fingerprint density at radius 2 is 2.08 bits per heavy atom. The van der Waals surface area contributed by atoms with E-state index in [2.05, 4.69) is 5.92 Å². The summed E-state index contributed by atoms with van der Waals surface area (Å²) in [6.07, 6.45) is 7.04. The lowest BCUT2D eigenvalue weighted by Crippen LogP contribution is -2.38. The maximum atomic E-state index is 10.5. The Hall–Kier alpha value is -1.01. The highest BCUT2D eigenvalue weighted by atomic mass is 16.4. The highest BCUT2D eigenvalue weighted by Gasteiger charge is 2.16. The monoisotopic (exact) mass is 183 g/mol. The average molecular weight is 183 g/mol. The van der Waals surface area contributed by atoms with Gasteiger partial charge in [-0.2, -0.15) is 0 Å². The van der Waals surface area contributed by atoms with Gasteiger partial charge in [0, 0.05) is 6.04 Å². The number of aliphatic carboxylic acids is 1. The lowest BCUT2D eigenvalue weighted by Gasteiger charge is -2.26. The predicted octanol–water partition coefficient (Wildman–Crippen LogP) is 1.19. The van der Waals surface area contributed by atoms with Crippen molar-refractivity contribution in [3.8, 4) is 12.3 Å². The Labute approximate surface area is 79.7 Å². The van der Waals surface area contributed by atoms with Crippen LogP contribution in [0.1, 0.15) is 26.7 Å². The second-order valence-electron chi connectivity index (χ2n) is 2.97. The number of rotatable bonds is 6. The number of carboxylic acid groups (broad SMARTS) is 1. The van der Waals surface area contributed by atoms with Gasteiger partial charge in [-0.1, -0.05) is 19.8 Å². The molecular weight excluding hydrogens is 166 g/mol. The van der Waals surface area contributed by atoms with Gasteiger partial charge in [-0.05, 0) is 12.8 Å². The molecule has 0 atom stereocenters. The van der Waals surface area contributed by atoms with E-state index in [0.717, 1.165) is 12.8 Å². The van der Waals surface area contributed by atoms with Crippen LogP contribution in [0.5, 0.6) is 0 Å². The zero-order valence-electron chi connectivity index (χ0n) is 8.29. The quantitative estimate of drug-likeness (QED) is 0.629. The standard InChI is InChI=1S/C10H17NO2/c1-4-7-11(8-10(12)13)9(5-2)6-3/h1,9H,5-8H2,2-3H3,(H,12,13). The van der Waals surface area contributed by atoms with Gasteiger partial charge in [0.2, 0.25) is 0 Å². The van der Waals surface area contributed by atoms with Gasteiger partial charge in [-0.3, -0.25) is 9.69 Å². The summed E-state index contributed by atoms with van der Waals surface area (Å²) in [7, 11) is 0. The van der Waals surface area contributed by atoms with E-state index in [0.29, 0.717) is 6.54 Å². The molecule has 3 heteroatoms. The maximum absolute atomic E-state index is 10.5. The van der Waals surface area contributed by atoms with Crippen molar-refractivity contribution in [2.45, 2.75) is 32.7 Å². The highest BCUT2D eigenvalue weighted by molar-refractivity contribution is 5.69. The third kappa shape index (κ3) is 4.54. The molecule has 0 aliphatic rings. The molecule has 0 aromatic rings. The van der Waals surface area contributed by atoms with Crippen molar-refractivity contribution in [2.75, 3.05) is 13.1 Å². The zero-order chi connectivity index (χ0) is 10.3. The molecule has 0 amide bonds. The Balaban J connectivity index is 4.21. The molecule has 0 saturated carbocycles. The summed E-state index contributed by atoms with van der Waals surface area (Å²) in [5, 5.41) is 8.64. The number of hydrogen-bond acceptors (Lipinski definition) is 2. The molecule has 74 valence electrons. The first-order valence-corrected chi connectivity index (χ1v) is 4.54. The topological polar surface area (TPSA) is 40.5 Å². The first-order chi connectivity index (χ1) is 6.15. The first-order valence-electron chi connectivity index (χ1n) is 4.54. The summed E-state index contributed by atoms with van der Waals surface area (Å²) < 4.78 is 0. The Kier molecular flexibility index (Phi) is 5.99. The van der Waals surface area contributed by atoms with Crippen LogP contribution < -0.4 is 0 Å². The minimum atomic E-state index is -0.817. The van der Waals surface area contributed by atoms with Crippen molar-refractivity contribution in [3.63, 3.8) is 0 Å². The van der Waals surface area contributed by atoms with Crippen LogP contribution in [0.4, 0.5) is 0 Å². The van der Waals surface area contributed by atoms with Crippen molar-refractivity contribution < 1.29 is 9.90 Å². The second-order valence-corrected chi connectivity index (χ2v) is 2.97. The van der Waals surface area contributed by atoms with Gasteiger partial charge in [0.1, 0.15) is 0 Å². The molecule has 3 nitrogen and oxygen atoms in total. The van der Waals surface area contributed by atoms with E-state index in [9.17, 15) is 4.79 Å². The third-order valence-corrected chi connectivity index (χ3v) is 2.09. The van der Waals surface area contributed by atoms with Gasteiger partial charge in [0.15, 0.2) is 0 Å². The van der Waals surface area contributed by atoms with Crippen molar-refractivity contribution in [2.24, 2.45) is 0 Å². The van der Waals surface area contributed by atoms with Crippen molar-refractivity contribution in [3.05, 3.63) is 0 Å². The molecule has 0 saturated heterocycles. The van der Waals surface area contributed by atoms with E-state index < -0.39 is 5.97 Å². The fourth-order valence-corrected chi connectivity index (χ4v) is 1.41. The second kappa shape index (κ2) is 6.50. The molecule has 0 unspecified atom stereocenters. The zero-order valence-corrected chi connectivity index (χ0v) is 8.29. The molecule has 0 bridgehead atoms. The molecule has 1 N–H and O–H groups in total. The van der Waals surface area contributed by atoms with Crippen LogP contribution in [-0.4, -0.2) is 35.1 Å². The van der Waals surface area contributed by atoms with Gasteiger partial charge in [0.25, 0.3) is 0 Å². The van der Waals surface area contributed by atoms with Crippen LogP contribution in [-0.2, 0) is 4.79 Å². The van der Waals surface area contributed by atoms with E-state index in [1.54, 1.807) is 0 Å². The van der Waals surface area contributed by atoms with Crippen LogP contribution in [0.2, 0.25) is 0 Å². The summed E-state index contributed by atoms with van der Waals surface area (Å²) in [5.41, 5.74) is 0. The van der Waals surface area contributed by atoms with E-state index in [1.807, 2.05) is 18.7 Å². The molecule has 0 spiro atoms. The van der Waals surface area contributed by atoms with Gasteiger partial charge >= 0.3 is 5.97 Å². The van der Waals surface area contributed by atoms with E-state index in [-0.39, 0.29) is 12.6 Å². The molecule has 0 fully saturated rings. The third-order valence-electron chi connectivity index (χ3n) is 2.09. The molecule has 0 aliphatic carbocycles. The van der Waals surface area contributed by atoms with Crippen LogP contribution >= 0.6 is 0 Å². The highest BCUT2D eigenvalue weighted by Crippen LogP contribution is 2.07. The Bertz CT molecular complexity index is 192. The molecule has 0 aliphatic heterocycles. The predicted molar refractivity (Wildman–Crippen MR) is 52.4 cm³/mol. The number of nitrogens with zero attached hydrogens (tertiary/aromatic N) is 1. The fraction of sp³-hybridized carbons (Fsp3) is 0.700. The summed E-state index contributed by atoms with van der Waals surface area (Å²) in [5.74, 6) is 1.67. The summed E-state index contributed by atoms with van der Waals surface area (Å²) >= 11 is 0. The van der Waals surface area contributed by atoms with Crippen LogP contribution in [0.3, 0.4) is 0 Å². The maximum Gasteiger partial charge on any atom is 0.317 e. The van der Waals surface area contributed by atoms with Gasteiger partial charge in [-0.15, -0.1) is 6.42 Å². The van der Waals surface area contributed by atoms with Crippen molar-refractivity contribution >= 4 is 5.97 Å². The van der Waals surface area contributed by atoms with Gasteiger partial charge < -0.3 is 5.11 Å². The normalized spacial score (nSPS) is 10.4. The fourth-order valence-electron chi connectivity index (χ4n) is 1.41. The lowest BCUT2D eigenvalue weighted by atomic mass is 10.1. The average Bonchev–Trinajstić information content (AvgIpc) is 2.05. The number of terminal acetylenes is 1. The summed E-state index contributed by atoms with van der Waals surface area (Å²) in [6, 6.07) is 0.284. The van der Waals surface area contributed by atoms with E-state index >= 15 is 0 Å². The summed E-state index contributed by atoms with van der Waals surface area (Å²) in [4.78, 5) is 12.3.